The van der Waals surface area contributed by atoms with E-state index >= 15 is 0 Å². The molecule has 34 heavy (non-hydrogen) atoms. The number of sulfonamides is 1. The van der Waals surface area contributed by atoms with E-state index in [2.05, 4.69) is 4.99 Å². The van der Waals surface area contributed by atoms with Crippen LogP contribution in [0, 0.1) is 13.8 Å². The van der Waals surface area contributed by atoms with E-state index in [0.717, 1.165) is 21.3 Å². The van der Waals surface area contributed by atoms with Crippen molar-refractivity contribution >= 4 is 43.5 Å². The number of ether oxygens (including phenoxy) is 1. The summed E-state index contributed by atoms with van der Waals surface area (Å²) in [6.07, 6.45) is 0. The third-order valence-electron chi connectivity index (χ3n) is 5.35. The summed E-state index contributed by atoms with van der Waals surface area (Å²) in [5.74, 6) is -0.938. The molecule has 0 saturated heterocycles. The van der Waals surface area contributed by atoms with Crippen molar-refractivity contribution < 1.29 is 22.7 Å². The molecule has 0 fully saturated rings. The zero-order valence-corrected chi connectivity index (χ0v) is 21.6. The molecule has 1 aromatic heterocycles. The van der Waals surface area contributed by atoms with Crippen molar-refractivity contribution in [3.8, 4) is 0 Å². The third kappa shape index (κ3) is 5.29. The van der Waals surface area contributed by atoms with Crippen LogP contribution < -0.4 is 4.80 Å². The number of hydrogen-bond acceptors (Lipinski definition) is 6. The topological polar surface area (TPSA) is 98.0 Å². The smallest absolute Gasteiger partial charge is 0.326 e. The number of carbonyl (C=O) groups is 2. The number of rotatable bonds is 8. The molecule has 182 valence electrons. The predicted molar refractivity (Wildman–Crippen MR) is 132 cm³/mol. The lowest BCUT2D eigenvalue weighted by Crippen LogP contribution is -2.30. The van der Waals surface area contributed by atoms with E-state index in [-0.39, 0.29) is 23.6 Å². The zero-order valence-electron chi connectivity index (χ0n) is 20.0. The minimum atomic E-state index is -3.62. The molecule has 0 unspecified atom stereocenters. The fourth-order valence-corrected chi connectivity index (χ4v) is 6.26. The van der Waals surface area contributed by atoms with Crippen LogP contribution in [0.25, 0.3) is 10.2 Å². The van der Waals surface area contributed by atoms with Crippen molar-refractivity contribution in [1.82, 2.24) is 8.87 Å². The van der Waals surface area contributed by atoms with Crippen LogP contribution in [0.15, 0.2) is 46.3 Å². The Morgan fingerprint density at radius 3 is 2.29 bits per heavy atom. The van der Waals surface area contributed by atoms with Crippen LogP contribution in [0.4, 0.5) is 0 Å². The van der Waals surface area contributed by atoms with Crippen molar-refractivity contribution in [2.45, 2.75) is 46.1 Å². The summed E-state index contributed by atoms with van der Waals surface area (Å²) >= 11 is 1.32. The summed E-state index contributed by atoms with van der Waals surface area (Å²) in [7, 11) is -3.62. The van der Waals surface area contributed by atoms with Gasteiger partial charge in [-0.2, -0.15) is 9.30 Å². The second-order valence-corrected chi connectivity index (χ2v) is 10.7. The van der Waals surface area contributed by atoms with Gasteiger partial charge in [0.1, 0.15) is 6.54 Å². The Balaban J connectivity index is 2.04. The highest BCUT2D eigenvalue weighted by Gasteiger charge is 2.22. The standard InChI is InChI=1S/C24H29N3O5S2/c1-6-26(7-2)34(30,31)19-11-9-18(10-12-19)23(29)25-24-27(15-21(28)32-8-3)20-14-16(4)13-17(5)22(20)33-24/h9-14H,6-8,15H2,1-5H3. The minimum absolute atomic E-state index is 0.0656. The molecule has 3 rings (SSSR count). The molecular weight excluding hydrogens is 474 g/mol. The zero-order chi connectivity index (χ0) is 25.0. The van der Waals surface area contributed by atoms with E-state index in [0.29, 0.717) is 17.9 Å². The molecule has 0 aliphatic rings. The van der Waals surface area contributed by atoms with Gasteiger partial charge in [0.15, 0.2) is 4.80 Å². The monoisotopic (exact) mass is 503 g/mol. The Morgan fingerprint density at radius 1 is 1.06 bits per heavy atom. The Labute approximate surface area is 203 Å². The fraction of sp³-hybridized carbons (Fsp3) is 0.375. The number of hydrogen-bond donors (Lipinski definition) is 0. The third-order valence-corrected chi connectivity index (χ3v) is 8.64. The molecule has 0 saturated carbocycles. The van der Waals surface area contributed by atoms with Crippen LogP contribution in [0.2, 0.25) is 0 Å². The van der Waals surface area contributed by atoms with Crippen molar-refractivity contribution in [3.63, 3.8) is 0 Å². The lowest BCUT2D eigenvalue weighted by Gasteiger charge is -2.18. The molecule has 0 N–H and O–H groups in total. The van der Waals surface area contributed by atoms with Gasteiger partial charge in [0.05, 0.1) is 21.7 Å². The Kier molecular flexibility index (Phi) is 8.06. The molecule has 1 amide bonds. The number of thiazole rings is 1. The van der Waals surface area contributed by atoms with E-state index in [1.54, 1.807) is 25.3 Å². The highest BCUT2D eigenvalue weighted by atomic mass is 32.2. The van der Waals surface area contributed by atoms with Gasteiger partial charge in [0.2, 0.25) is 10.0 Å². The summed E-state index contributed by atoms with van der Waals surface area (Å²) in [6.45, 7) is 10.1. The molecule has 2 aromatic carbocycles. The summed E-state index contributed by atoms with van der Waals surface area (Å²) in [5.41, 5.74) is 3.12. The normalized spacial score (nSPS) is 12.5. The van der Waals surface area contributed by atoms with Crippen LogP contribution in [0.3, 0.4) is 0 Å². The van der Waals surface area contributed by atoms with E-state index in [9.17, 15) is 18.0 Å². The first-order valence-corrected chi connectivity index (χ1v) is 13.3. The number of carbonyl (C=O) groups excluding carboxylic acids is 2. The Bertz CT molecular complexity index is 1380. The largest absolute Gasteiger partial charge is 0.465 e. The fourth-order valence-electron chi connectivity index (χ4n) is 3.72. The number of amides is 1. The molecule has 8 nitrogen and oxygen atoms in total. The molecular formula is C24H29N3O5S2. The van der Waals surface area contributed by atoms with E-state index < -0.39 is 21.9 Å². The molecule has 0 spiro atoms. The molecule has 1 heterocycles. The lowest BCUT2D eigenvalue weighted by atomic mass is 10.1. The van der Waals surface area contributed by atoms with Gasteiger partial charge in [-0.25, -0.2) is 8.42 Å². The number of benzene rings is 2. The highest BCUT2D eigenvalue weighted by Crippen LogP contribution is 2.24. The first-order chi connectivity index (χ1) is 16.1. The number of aryl methyl sites for hydroxylation is 2. The van der Waals surface area contributed by atoms with Gasteiger partial charge in [-0.1, -0.05) is 31.3 Å². The van der Waals surface area contributed by atoms with Gasteiger partial charge in [-0.3, -0.25) is 9.59 Å². The quantitative estimate of drug-likeness (QED) is 0.437. The summed E-state index contributed by atoms with van der Waals surface area (Å²) in [6, 6.07) is 9.74. The van der Waals surface area contributed by atoms with E-state index in [1.807, 2.05) is 26.0 Å². The molecule has 0 atom stereocenters. The molecule has 0 radical (unpaired) electrons. The average molecular weight is 504 g/mol. The van der Waals surface area contributed by atoms with Crippen molar-refractivity contribution in [3.05, 3.63) is 57.9 Å². The second-order valence-electron chi connectivity index (χ2n) is 7.74. The van der Waals surface area contributed by atoms with E-state index in [4.69, 9.17) is 4.74 Å². The van der Waals surface area contributed by atoms with Gasteiger partial charge in [0, 0.05) is 18.7 Å². The minimum Gasteiger partial charge on any atom is -0.465 e. The number of nitrogens with zero attached hydrogens (tertiary/aromatic N) is 3. The van der Waals surface area contributed by atoms with Gasteiger partial charge in [-0.05, 0) is 62.2 Å². The number of aromatic nitrogens is 1. The van der Waals surface area contributed by atoms with Crippen LogP contribution in [0.5, 0.6) is 0 Å². The van der Waals surface area contributed by atoms with Crippen molar-refractivity contribution in [1.29, 1.82) is 0 Å². The van der Waals surface area contributed by atoms with Crippen LogP contribution in [-0.2, 0) is 26.1 Å². The van der Waals surface area contributed by atoms with Crippen LogP contribution in [0.1, 0.15) is 42.3 Å². The van der Waals surface area contributed by atoms with Crippen LogP contribution >= 0.6 is 11.3 Å². The Morgan fingerprint density at radius 2 is 1.71 bits per heavy atom. The maximum atomic E-state index is 13.0. The molecule has 10 heteroatoms. The first-order valence-electron chi connectivity index (χ1n) is 11.1. The summed E-state index contributed by atoms with van der Waals surface area (Å²) in [4.78, 5) is 30.0. The SMILES string of the molecule is CCOC(=O)Cn1c(=NC(=O)c2ccc(S(=O)(=O)N(CC)CC)cc2)sc2c(C)cc(C)cc21. The lowest BCUT2D eigenvalue weighted by molar-refractivity contribution is -0.143. The Hall–Kier alpha value is -2.82. The predicted octanol–water partition coefficient (Wildman–Crippen LogP) is 3.65. The van der Waals surface area contributed by atoms with Crippen LogP contribution in [-0.4, -0.2) is 48.9 Å². The molecule has 0 aliphatic heterocycles. The molecule has 3 aromatic rings. The number of fused-ring (bicyclic) bond motifs is 1. The van der Waals surface area contributed by atoms with Gasteiger partial charge in [-0.15, -0.1) is 0 Å². The van der Waals surface area contributed by atoms with Gasteiger partial charge < -0.3 is 9.30 Å². The van der Waals surface area contributed by atoms with E-state index in [1.165, 1.54) is 39.9 Å². The first kappa shape index (κ1) is 25.8. The van der Waals surface area contributed by atoms with Crippen molar-refractivity contribution in [2.24, 2.45) is 4.99 Å². The second kappa shape index (κ2) is 10.6. The molecule has 0 aliphatic carbocycles. The number of esters is 1. The van der Waals surface area contributed by atoms with Gasteiger partial charge >= 0.3 is 5.97 Å². The summed E-state index contributed by atoms with van der Waals surface area (Å²) in [5, 5.41) is 0. The maximum Gasteiger partial charge on any atom is 0.326 e. The van der Waals surface area contributed by atoms with Crippen molar-refractivity contribution in [2.75, 3.05) is 19.7 Å². The average Bonchev–Trinajstić information content (AvgIpc) is 3.11. The molecule has 0 bridgehead atoms. The highest BCUT2D eigenvalue weighted by molar-refractivity contribution is 7.89. The summed E-state index contributed by atoms with van der Waals surface area (Å²) < 4.78 is 34.5. The van der Waals surface area contributed by atoms with Gasteiger partial charge in [0.25, 0.3) is 5.91 Å². The maximum absolute atomic E-state index is 13.0.